The molecule has 2 heterocycles. The average Bonchev–Trinajstić information content (AvgIpc) is 2.76. The van der Waals surface area contributed by atoms with Crippen LogP contribution >= 0.6 is 15.9 Å². The number of rotatable bonds is 2. The fourth-order valence-corrected chi connectivity index (χ4v) is 1.77. The van der Waals surface area contributed by atoms with Gasteiger partial charge >= 0.3 is 5.97 Å². The van der Waals surface area contributed by atoms with Crippen molar-refractivity contribution in [3.05, 3.63) is 46.3 Å². The summed E-state index contributed by atoms with van der Waals surface area (Å²) in [6.45, 7) is 0. The maximum absolute atomic E-state index is 11.1. The minimum Gasteiger partial charge on any atom is -0.478 e. The minimum absolute atomic E-state index is 0.0343. The summed E-state index contributed by atoms with van der Waals surface area (Å²) >= 11 is 3.16. The summed E-state index contributed by atoms with van der Waals surface area (Å²) < 4.78 is 2.01. The molecule has 0 saturated heterocycles. The predicted molar refractivity (Wildman–Crippen MR) is 62.9 cm³/mol. The van der Waals surface area contributed by atoms with E-state index in [4.69, 9.17) is 10.4 Å². The molecule has 0 aromatic carbocycles. The minimum atomic E-state index is -1.09. The van der Waals surface area contributed by atoms with E-state index in [1.54, 1.807) is 18.3 Å². The molecule has 5 nitrogen and oxygen atoms in total. The zero-order chi connectivity index (χ0) is 12.4. The van der Waals surface area contributed by atoms with Gasteiger partial charge in [-0.1, -0.05) is 0 Å². The zero-order valence-electron chi connectivity index (χ0n) is 8.46. The van der Waals surface area contributed by atoms with Crippen molar-refractivity contribution in [2.45, 2.75) is 0 Å². The monoisotopic (exact) mass is 291 g/mol. The second kappa shape index (κ2) is 4.39. The SMILES string of the molecule is N#Cc1cccn1-c1ncc(Br)cc1C(=O)O. The molecular weight excluding hydrogens is 286 g/mol. The second-order valence-corrected chi connectivity index (χ2v) is 4.12. The third-order valence-electron chi connectivity index (χ3n) is 2.16. The topological polar surface area (TPSA) is 78.9 Å². The van der Waals surface area contributed by atoms with Gasteiger partial charge in [0.15, 0.2) is 5.82 Å². The summed E-state index contributed by atoms with van der Waals surface area (Å²) in [5.74, 6) is -0.867. The summed E-state index contributed by atoms with van der Waals surface area (Å²) in [4.78, 5) is 15.1. The van der Waals surface area contributed by atoms with Crippen LogP contribution in [0.25, 0.3) is 5.82 Å². The normalized spacial score (nSPS) is 9.88. The number of halogens is 1. The van der Waals surface area contributed by atoms with Gasteiger partial charge in [0.05, 0.1) is 0 Å². The van der Waals surface area contributed by atoms with E-state index < -0.39 is 5.97 Å². The maximum atomic E-state index is 11.1. The molecule has 0 spiro atoms. The Bertz CT molecular complexity index is 628. The van der Waals surface area contributed by atoms with Crippen molar-refractivity contribution in [3.63, 3.8) is 0 Å². The highest BCUT2D eigenvalue weighted by molar-refractivity contribution is 9.10. The van der Waals surface area contributed by atoms with E-state index in [2.05, 4.69) is 20.9 Å². The maximum Gasteiger partial charge on any atom is 0.339 e. The Morgan fingerprint density at radius 3 is 3.00 bits per heavy atom. The van der Waals surface area contributed by atoms with Gasteiger partial charge in [-0.05, 0) is 34.1 Å². The molecule has 84 valence electrons. The Labute approximate surface area is 105 Å². The zero-order valence-corrected chi connectivity index (χ0v) is 10.0. The van der Waals surface area contributed by atoms with E-state index in [0.717, 1.165) is 0 Å². The number of carboxylic acids is 1. The third-order valence-corrected chi connectivity index (χ3v) is 2.59. The fourth-order valence-electron chi connectivity index (χ4n) is 1.44. The van der Waals surface area contributed by atoms with Gasteiger partial charge < -0.3 is 5.11 Å². The quantitative estimate of drug-likeness (QED) is 0.920. The highest BCUT2D eigenvalue weighted by atomic mass is 79.9. The number of nitriles is 1. The Morgan fingerprint density at radius 2 is 2.35 bits per heavy atom. The molecule has 0 aliphatic rings. The lowest BCUT2D eigenvalue weighted by Gasteiger charge is -2.07. The first-order valence-corrected chi connectivity index (χ1v) is 5.39. The number of carbonyl (C=O) groups is 1. The molecular formula is C11H6BrN3O2. The summed E-state index contributed by atoms with van der Waals surface area (Å²) in [5, 5.41) is 18.0. The van der Waals surface area contributed by atoms with Gasteiger partial charge in [-0.2, -0.15) is 5.26 Å². The molecule has 0 aliphatic carbocycles. The molecule has 0 bridgehead atoms. The first-order valence-electron chi connectivity index (χ1n) is 4.60. The first-order chi connectivity index (χ1) is 8.13. The fraction of sp³-hybridized carbons (Fsp3) is 0. The van der Waals surface area contributed by atoms with Crippen LogP contribution < -0.4 is 0 Å². The molecule has 0 amide bonds. The van der Waals surface area contributed by atoms with Crippen LogP contribution in [0.15, 0.2) is 35.1 Å². The number of hydrogen-bond donors (Lipinski definition) is 1. The number of hydrogen-bond acceptors (Lipinski definition) is 3. The van der Waals surface area contributed by atoms with E-state index in [0.29, 0.717) is 10.2 Å². The number of aromatic carboxylic acids is 1. The van der Waals surface area contributed by atoms with Crippen LogP contribution in [0.3, 0.4) is 0 Å². The Morgan fingerprint density at radius 1 is 1.59 bits per heavy atom. The van der Waals surface area contributed by atoms with E-state index in [9.17, 15) is 4.79 Å². The van der Waals surface area contributed by atoms with Crippen LogP contribution in [0.5, 0.6) is 0 Å². The highest BCUT2D eigenvalue weighted by Crippen LogP contribution is 2.19. The van der Waals surface area contributed by atoms with E-state index in [1.165, 1.54) is 16.8 Å². The van der Waals surface area contributed by atoms with Crippen LogP contribution in [-0.4, -0.2) is 20.6 Å². The molecule has 2 rings (SSSR count). The molecule has 0 fully saturated rings. The van der Waals surface area contributed by atoms with Gasteiger partial charge in [0, 0.05) is 16.9 Å². The van der Waals surface area contributed by atoms with Crippen LogP contribution in [0.4, 0.5) is 0 Å². The predicted octanol–water partition coefficient (Wildman–Crippen LogP) is 2.20. The number of nitrogens with zero attached hydrogens (tertiary/aromatic N) is 3. The van der Waals surface area contributed by atoms with Crippen molar-refractivity contribution < 1.29 is 9.90 Å². The van der Waals surface area contributed by atoms with E-state index in [-0.39, 0.29) is 11.4 Å². The standard InChI is InChI=1S/C11H6BrN3O2/c12-7-4-9(11(16)17)10(14-6-7)15-3-1-2-8(15)5-13/h1-4,6H,(H,16,17). The molecule has 1 N–H and O–H groups in total. The van der Waals surface area contributed by atoms with Gasteiger partial charge in [-0.15, -0.1) is 0 Å². The third kappa shape index (κ3) is 2.05. The van der Waals surface area contributed by atoms with Gasteiger partial charge in [0.1, 0.15) is 17.3 Å². The Kier molecular flexibility index (Phi) is 2.93. The lowest BCUT2D eigenvalue weighted by molar-refractivity contribution is 0.0696. The molecule has 2 aromatic heterocycles. The summed E-state index contributed by atoms with van der Waals surface area (Å²) in [7, 11) is 0. The number of carboxylic acid groups (broad SMARTS) is 1. The molecule has 2 aromatic rings. The molecule has 6 heteroatoms. The summed E-state index contributed by atoms with van der Waals surface area (Å²) in [6.07, 6.45) is 3.09. The Balaban J connectivity index is 2.68. The van der Waals surface area contributed by atoms with E-state index >= 15 is 0 Å². The smallest absolute Gasteiger partial charge is 0.339 e. The van der Waals surface area contributed by atoms with Crippen molar-refractivity contribution in [2.75, 3.05) is 0 Å². The number of aromatic nitrogens is 2. The van der Waals surface area contributed by atoms with Gasteiger partial charge in [-0.3, -0.25) is 4.57 Å². The first kappa shape index (κ1) is 11.4. The summed E-state index contributed by atoms with van der Waals surface area (Å²) in [6, 6.07) is 6.68. The van der Waals surface area contributed by atoms with Crippen molar-refractivity contribution in [2.24, 2.45) is 0 Å². The highest BCUT2D eigenvalue weighted by Gasteiger charge is 2.15. The molecule has 0 unspecified atom stereocenters. The lowest BCUT2D eigenvalue weighted by Crippen LogP contribution is -2.08. The largest absolute Gasteiger partial charge is 0.478 e. The second-order valence-electron chi connectivity index (χ2n) is 3.21. The van der Waals surface area contributed by atoms with Crippen molar-refractivity contribution in [1.82, 2.24) is 9.55 Å². The molecule has 0 atom stereocenters. The van der Waals surface area contributed by atoms with Gasteiger partial charge in [0.2, 0.25) is 0 Å². The molecule has 0 aliphatic heterocycles. The van der Waals surface area contributed by atoms with Crippen LogP contribution in [0.2, 0.25) is 0 Å². The molecule has 0 radical (unpaired) electrons. The van der Waals surface area contributed by atoms with Gasteiger partial charge in [0.25, 0.3) is 0 Å². The average molecular weight is 292 g/mol. The number of pyridine rings is 1. The molecule has 17 heavy (non-hydrogen) atoms. The summed E-state index contributed by atoms with van der Waals surface area (Å²) in [5.41, 5.74) is 0.370. The van der Waals surface area contributed by atoms with E-state index in [1.807, 2.05) is 6.07 Å². The Hall–Kier alpha value is -2.13. The lowest BCUT2D eigenvalue weighted by atomic mass is 10.2. The molecule has 0 saturated carbocycles. The van der Waals surface area contributed by atoms with Crippen molar-refractivity contribution >= 4 is 21.9 Å². The van der Waals surface area contributed by atoms with Crippen LogP contribution in [-0.2, 0) is 0 Å². The van der Waals surface area contributed by atoms with Crippen molar-refractivity contribution in [1.29, 1.82) is 5.26 Å². The van der Waals surface area contributed by atoms with Gasteiger partial charge in [-0.25, -0.2) is 9.78 Å². The van der Waals surface area contributed by atoms with Crippen LogP contribution in [0.1, 0.15) is 16.1 Å². The van der Waals surface area contributed by atoms with Crippen molar-refractivity contribution in [3.8, 4) is 11.9 Å². The van der Waals surface area contributed by atoms with Crippen LogP contribution in [0, 0.1) is 11.3 Å².